The Bertz CT molecular complexity index is 746. The van der Waals surface area contributed by atoms with Crippen LogP contribution in [0.3, 0.4) is 0 Å². The first-order chi connectivity index (χ1) is 11.7. The molecule has 7 heteroatoms. The molecule has 7 nitrogen and oxygen atoms in total. The summed E-state index contributed by atoms with van der Waals surface area (Å²) in [7, 11) is 1.31. The highest BCUT2D eigenvalue weighted by Gasteiger charge is 2.31. The van der Waals surface area contributed by atoms with Gasteiger partial charge in [0.25, 0.3) is 11.8 Å². The van der Waals surface area contributed by atoms with Crippen LogP contribution in [0.15, 0.2) is 30.0 Å². The van der Waals surface area contributed by atoms with Gasteiger partial charge in [-0.2, -0.15) is 0 Å². The Morgan fingerprint density at radius 2 is 1.96 bits per heavy atom. The number of aliphatic hydroxyl groups is 1. The van der Waals surface area contributed by atoms with Crippen LogP contribution in [0.25, 0.3) is 0 Å². The SMILES string of the molecule is COC(=O)c1ccc(NC2=CC(=O)N(CCO)C2=O)c(C(C)(C)C)c1. The second-order valence-electron chi connectivity index (χ2n) is 6.70. The molecule has 25 heavy (non-hydrogen) atoms. The molecule has 2 amide bonds. The van der Waals surface area contributed by atoms with Crippen molar-refractivity contribution in [2.75, 3.05) is 25.6 Å². The van der Waals surface area contributed by atoms with Gasteiger partial charge in [0.2, 0.25) is 0 Å². The number of carbonyl (C=O) groups is 3. The van der Waals surface area contributed by atoms with E-state index < -0.39 is 17.8 Å². The summed E-state index contributed by atoms with van der Waals surface area (Å²) in [4.78, 5) is 36.9. The molecule has 0 atom stereocenters. The number of rotatable bonds is 5. The molecular formula is C18H22N2O5. The van der Waals surface area contributed by atoms with Crippen molar-refractivity contribution in [2.45, 2.75) is 26.2 Å². The van der Waals surface area contributed by atoms with E-state index in [1.807, 2.05) is 20.8 Å². The minimum atomic E-state index is -0.490. The van der Waals surface area contributed by atoms with E-state index in [9.17, 15) is 14.4 Å². The zero-order chi connectivity index (χ0) is 18.8. The Kier molecular flexibility index (Phi) is 5.27. The summed E-state index contributed by atoms with van der Waals surface area (Å²) in [5, 5.41) is 11.9. The minimum absolute atomic E-state index is 0.0489. The van der Waals surface area contributed by atoms with Gasteiger partial charge in [0, 0.05) is 11.8 Å². The molecule has 0 spiro atoms. The van der Waals surface area contributed by atoms with Crippen LogP contribution in [0.4, 0.5) is 5.69 Å². The van der Waals surface area contributed by atoms with Crippen LogP contribution in [0, 0.1) is 0 Å². The van der Waals surface area contributed by atoms with E-state index in [0.717, 1.165) is 10.5 Å². The normalized spacial score (nSPS) is 14.6. The van der Waals surface area contributed by atoms with Gasteiger partial charge in [-0.3, -0.25) is 14.5 Å². The average Bonchev–Trinajstić information content (AvgIpc) is 2.81. The molecule has 1 aromatic carbocycles. The first-order valence-corrected chi connectivity index (χ1v) is 7.87. The molecular weight excluding hydrogens is 324 g/mol. The van der Waals surface area contributed by atoms with Crippen molar-refractivity contribution in [3.8, 4) is 0 Å². The molecule has 134 valence electrons. The highest BCUT2D eigenvalue weighted by molar-refractivity contribution is 6.17. The van der Waals surface area contributed by atoms with Crippen LogP contribution in [0.1, 0.15) is 36.7 Å². The molecule has 1 aromatic rings. The number of esters is 1. The summed E-state index contributed by atoms with van der Waals surface area (Å²) in [5.74, 6) is -1.40. The fraction of sp³-hybridized carbons (Fsp3) is 0.389. The number of nitrogens with one attached hydrogen (secondary N) is 1. The molecule has 0 unspecified atom stereocenters. The minimum Gasteiger partial charge on any atom is -0.465 e. The van der Waals surface area contributed by atoms with E-state index in [1.165, 1.54) is 13.2 Å². The summed E-state index contributed by atoms with van der Waals surface area (Å²) in [6, 6.07) is 4.98. The average molecular weight is 346 g/mol. The smallest absolute Gasteiger partial charge is 0.337 e. The van der Waals surface area contributed by atoms with Crippen LogP contribution in [0.5, 0.6) is 0 Å². The third-order valence-electron chi connectivity index (χ3n) is 3.85. The monoisotopic (exact) mass is 346 g/mol. The molecule has 1 aliphatic rings. The predicted octanol–water partition coefficient (Wildman–Crippen LogP) is 1.43. The lowest BCUT2D eigenvalue weighted by atomic mass is 9.84. The van der Waals surface area contributed by atoms with Gasteiger partial charge in [-0.15, -0.1) is 0 Å². The molecule has 0 saturated heterocycles. The third-order valence-corrected chi connectivity index (χ3v) is 3.85. The van der Waals surface area contributed by atoms with Crippen molar-refractivity contribution >= 4 is 23.5 Å². The number of hydrogen-bond donors (Lipinski definition) is 2. The number of hydrogen-bond acceptors (Lipinski definition) is 6. The van der Waals surface area contributed by atoms with Crippen LogP contribution >= 0.6 is 0 Å². The van der Waals surface area contributed by atoms with Gasteiger partial charge in [-0.05, 0) is 29.2 Å². The molecule has 0 radical (unpaired) electrons. The number of carbonyl (C=O) groups excluding carboxylic acids is 3. The van der Waals surface area contributed by atoms with Crippen LogP contribution < -0.4 is 5.32 Å². The molecule has 1 heterocycles. The zero-order valence-corrected chi connectivity index (χ0v) is 14.8. The van der Waals surface area contributed by atoms with E-state index in [1.54, 1.807) is 18.2 Å². The van der Waals surface area contributed by atoms with E-state index >= 15 is 0 Å². The second-order valence-corrected chi connectivity index (χ2v) is 6.70. The highest BCUT2D eigenvalue weighted by atomic mass is 16.5. The van der Waals surface area contributed by atoms with Gasteiger partial charge >= 0.3 is 5.97 Å². The fourth-order valence-electron chi connectivity index (χ4n) is 2.57. The zero-order valence-electron chi connectivity index (χ0n) is 14.8. The van der Waals surface area contributed by atoms with Crippen molar-refractivity contribution in [3.63, 3.8) is 0 Å². The van der Waals surface area contributed by atoms with Crippen molar-refractivity contribution < 1.29 is 24.2 Å². The molecule has 0 fully saturated rings. The van der Waals surface area contributed by atoms with Gasteiger partial charge in [-0.1, -0.05) is 20.8 Å². The maximum absolute atomic E-state index is 12.3. The Morgan fingerprint density at radius 3 is 2.52 bits per heavy atom. The molecule has 0 aromatic heterocycles. The first-order valence-electron chi connectivity index (χ1n) is 7.87. The summed E-state index contributed by atoms with van der Waals surface area (Å²) in [6.45, 7) is 5.58. The topological polar surface area (TPSA) is 95.9 Å². The Hall–Kier alpha value is -2.67. The van der Waals surface area contributed by atoms with E-state index in [-0.39, 0.29) is 24.3 Å². The van der Waals surface area contributed by atoms with Gasteiger partial charge in [0.05, 0.1) is 25.8 Å². The lowest BCUT2D eigenvalue weighted by Gasteiger charge is -2.24. The second kappa shape index (κ2) is 7.06. The molecule has 2 N–H and O–H groups in total. The number of anilines is 1. The van der Waals surface area contributed by atoms with Gasteiger partial charge in [0.15, 0.2) is 0 Å². The molecule has 0 bridgehead atoms. The molecule has 0 aliphatic carbocycles. The Balaban J connectivity index is 2.37. The molecule has 1 aliphatic heterocycles. The maximum atomic E-state index is 12.3. The van der Waals surface area contributed by atoms with E-state index in [4.69, 9.17) is 9.84 Å². The van der Waals surface area contributed by atoms with Crippen LogP contribution in [-0.2, 0) is 19.7 Å². The Morgan fingerprint density at radius 1 is 1.28 bits per heavy atom. The number of benzene rings is 1. The number of aliphatic hydroxyl groups excluding tert-OH is 1. The number of methoxy groups -OCH3 is 1. The lowest BCUT2D eigenvalue weighted by Crippen LogP contribution is -2.34. The fourth-order valence-corrected chi connectivity index (χ4v) is 2.57. The standard InChI is InChI=1S/C18H22N2O5/c1-18(2,3)12-9-11(17(24)25-4)5-6-13(12)19-14-10-15(22)20(7-8-21)16(14)23/h5-6,9-10,19,21H,7-8H2,1-4H3. The molecule has 2 rings (SSSR count). The highest BCUT2D eigenvalue weighted by Crippen LogP contribution is 2.32. The van der Waals surface area contributed by atoms with Crippen molar-refractivity contribution in [1.29, 1.82) is 0 Å². The van der Waals surface area contributed by atoms with Gasteiger partial charge in [-0.25, -0.2) is 4.79 Å². The summed E-state index contributed by atoms with van der Waals surface area (Å²) >= 11 is 0. The predicted molar refractivity (Wildman–Crippen MR) is 92.0 cm³/mol. The van der Waals surface area contributed by atoms with Crippen LogP contribution in [0.2, 0.25) is 0 Å². The van der Waals surface area contributed by atoms with Gasteiger partial charge in [0.1, 0.15) is 5.70 Å². The van der Waals surface area contributed by atoms with E-state index in [0.29, 0.717) is 11.3 Å². The van der Waals surface area contributed by atoms with Crippen molar-refractivity contribution in [2.24, 2.45) is 0 Å². The first kappa shape index (κ1) is 18.7. The summed E-state index contributed by atoms with van der Waals surface area (Å²) in [6.07, 6.45) is 1.21. The lowest BCUT2D eigenvalue weighted by molar-refractivity contribution is -0.137. The number of ether oxygens (including phenoxy) is 1. The maximum Gasteiger partial charge on any atom is 0.337 e. The summed E-state index contributed by atoms with van der Waals surface area (Å²) in [5.41, 5.74) is 1.65. The quantitative estimate of drug-likeness (QED) is 0.618. The van der Waals surface area contributed by atoms with E-state index in [2.05, 4.69) is 5.32 Å². The number of imide groups is 1. The van der Waals surface area contributed by atoms with Crippen molar-refractivity contribution in [1.82, 2.24) is 4.90 Å². The van der Waals surface area contributed by atoms with Crippen LogP contribution in [-0.4, -0.2) is 48.1 Å². The largest absolute Gasteiger partial charge is 0.465 e. The van der Waals surface area contributed by atoms with Crippen molar-refractivity contribution in [3.05, 3.63) is 41.1 Å². The Labute approximate surface area is 146 Å². The van der Waals surface area contributed by atoms with Gasteiger partial charge < -0.3 is 15.2 Å². The summed E-state index contributed by atoms with van der Waals surface area (Å²) < 4.78 is 4.75. The number of β-amino-alcohol motifs (C(OH)–C–C–N with tert-alkyl or cyclic N) is 1. The number of nitrogens with zero attached hydrogens (tertiary/aromatic N) is 1. The molecule has 0 saturated carbocycles. The third kappa shape index (κ3) is 3.88. The number of amides is 2.